The fraction of sp³-hybridized carbons (Fsp3) is 0.118. The highest BCUT2D eigenvalue weighted by Crippen LogP contribution is 2.27. The number of nitrogens with one attached hydrogen (secondary N) is 1. The molecule has 1 N–H and O–H groups in total. The van der Waals surface area contributed by atoms with E-state index in [0.717, 1.165) is 17.6 Å². The van der Waals surface area contributed by atoms with Crippen molar-refractivity contribution in [2.45, 2.75) is 6.36 Å². The summed E-state index contributed by atoms with van der Waals surface area (Å²) in [5.41, 5.74) is 1.43. The molecule has 0 spiro atoms. The summed E-state index contributed by atoms with van der Waals surface area (Å²) in [6.07, 6.45) is -3.20. The van der Waals surface area contributed by atoms with Crippen LogP contribution in [0.25, 0.3) is 10.9 Å². The van der Waals surface area contributed by atoms with E-state index in [9.17, 15) is 18.0 Å². The SMILES string of the molecule is COc1ccc2[nH]cc(C(=O)c3ccc(OC(F)(F)F)cc3)c2c1. The lowest BCUT2D eigenvalue weighted by molar-refractivity contribution is -0.274. The summed E-state index contributed by atoms with van der Waals surface area (Å²) in [5.74, 6) is -0.0854. The summed E-state index contributed by atoms with van der Waals surface area (Å²) in [6, 6.07) is 10.1. The third-order valence-electron chi connectivity index (χ3n) is 3.48. The Kier molecular flexibility index (Phi) is 3.92. The molecule has 0 saturated carbocycles. The predicted molar refractivity (Wildman–Crippen MR) is 81.4 cm³/mol. The first-order valence-electron chi connectivity index (χ1n) is 6.93. The van der Waals surface area contributed by atoms with Crippen LogP contribution in [-0.2, 0) is 0 Å². The summed E-state index contributed by atoms with van der Waals surface area (Å²) in [6.45, 7) is 0. The van der Waals surface area contributed by atoms with Crippen molar-refractivity contribution in [3.8, 4) is 11.5 Å². The topological polar surface area (TPSA) is 51.3 Å². The van der Waals surface area contributed by atoms with Crippen LogP contribution in [0.2, 0.25) is 0 Å². The number of carbonyl (C=O) groups is 1. The number of rotatable bonds is 4. The number of benzene rings is 2. The second-order valence-corrected chi connectivity index (χ2v) is 5.02. The van der Waals surface area contributed by atoms with E-state index in [2.05, 4.69) is 9.72 Å². The van der Waals surface area contributed by atoms with E-state index >= 15 is 0 Å². The van der Waals surface area contributed by atoms with Crippen molar-refractivity contribution in [2.24, 2.45) is 0 Å². The molecule has 0 aliphatic heterocycles. The molecule has 124 valence electrons. The number of hydrogen-bond donors (Lipinski definition) is 1. The number of ether oxygens (including phenoxy) is 2. The van der Waals surface area contributed by atoms with Crippen molar-refractivity contribution in [2.75, 3.05) is 7.11 Å². The largest absolute Gasteiger partial charge is 0.573 e. The molecule has 0 fully saturated rings. The van der Waals surface area contributed by atoms with Gasteiger partial charge in [-0.25, -0.2) is 0 Å². The molecule has 0 amide bonds. The number of hydrogen-bond acceptors (Lipinski definition) is 3. The Morgan fingerprint density at radius 3 is 2.33 bits per heavy atom. The predicted octanol–water partition coefficient (Wildman–Crippen LogP) is 4.31. The molecule has 3 rings (SSSR count). The van der Waals surface area contributed by atoms with Crippen LogP contribution < -0.4 is 9.47 Å². The maximum Gasteiger partial charge on any atom is 0.573 e. The lowest BCUT2D eigenvalue weighted by Crippen LogP contribution is -2.17. The monoisotopic (exact) mass is 335 g/mol. The van der Waals surface area contributed by atoms with E-state index in [4.69, 9.17) is 4.74 Å². The Morgan fingerprint density at radius 2 is 1.71 bits per heavy atom. The van der Waals surface area contributed by atoms with Crippen LogP contribution in [0.5, 0.6) is 11.5 Å². The molecule has 0 aliphatic carbocycles. The van der Waals surface area contributed by atoms with Gasteiger partial charge in [-0.2, -0.15) is 0 Å². The number of ketones is 1. The van der Waals surface area contributed by atoms with Crippen molar-refractivity contribution in [3.63, 3.8) is 0 Å². The minimum absolute atomic E-state index is 0.258. The Hall–Kier alpha value is -2.96. The Morgan fingerprint density at radius 1 is 1.04 bits per heavy atom. The number of carbonyl (C=O) groups excluding carboxylic acids is 1. The van der Waals surface area contributed by atoms with Crippen molar-refractivity contribution >= 4 is 16.7 Å². The molecular formula is C17H12F3NO3. The zero-order chi connectivity index (χ0) is 17.3. The van der Waals surface area contributed by atoms with Crippen LogP contribution in [0.3, 0.4) is 0 Å². The smallest absolute Gasteiger partial charge is 0.497 e. The third-order valence-corrected chi connectivity index (χ3v) is 3.48. The summed E-state index contributed by atoms with van der Waals surface area (Å²) in [7, 11) is 1.52. The van der Waals surface area contributed by atoms with Crippen molar-refractivity contribution in [1.82, 2.24) is 4.98 Å². The molecule has 24 heavy (non-hydrogen) atoms. The average Bonchev–Trinajstić information content (AvgIpc) is 2.96. The van der Waals surface area contributed by atoms with Gasteiger partial charge in [-0.15, -0.1) is 13.2 Å². The number of H-pyrrole nitrogens is 1. The van der Waals surface area contributed by atoms with Crippen molar-refractivity contribution in [1.29, 1.82) is 0 Å². The van der Waals surface area contributed by atoms with E-state index in [-0.39, 0.29) is 17.1 Å². The van der Waals surface area contributed by atoms with Gasteiger partial charge in [-0.1, -0.05) is 0 Å². The van der Waals surface area contributed by atoms with Gasteiger partial charge in [0, 0.05) is 28.2 Å². The second-order valence-electron chi connectivity index (χ2n) is 5.02. The highest BCUT2D eigenvalue weighted by atomic mass is 19.4. The van der Waals surface area contributed by atoms with Crippen molar-refractivity contribution < 1.29 is 27.4 Å². The Bertz CT molecular complexity index is 882. The van der Waals surface area contributed by atoms with Crippen LogP contribution in [0.4, 0.5) is 13.2 Å². The molecule has 4 nitrogen and oxygen atoms in total. The molecule has 0 saturated heterocycles. The van der Waals surface area contributed by atoms with E-state index < -0.39 is 6.36 Å². The average molecular weight is 335 g/mol. The van der Waals surface area contributed by atoms with Crippen LogP contribution in [-0.4, -0.2) is 24.2 Å². The highest BCUT2D eigenvalue weighted by Gasteiger charge is 2.31. The molecule has 0 unspecified atom stereocenters. The second kappa shape index (κ2) is 5.92. The molecule has 0 aliphatic rings. The maximum absolute atomic E-state index is 12.6. The van der Waals surface area contributed by atoms with Gasteiger partial charge >= 0.3 is 6.36 Å². The zero-order valence-corrected chi connectivity index (χ0v) is 12.5. The molecular weight excluding hydrogens is 323 g/mol. The first-order chi connectivity index (χ1) is 11.4. The van der Waals surface area contributed by atoms with Gasteiger partial charge < -0.3 is 14.5 Å². The lowest BCUT2D eigenvalue weighted by atomic mass is 10.0. The van der Waals surface area contributed by atoms with Gasteiger partial charge in [0.15, 0.2) is 5.78 Å². The molecule has 2 aromatic carbocycles. The summed E-state index contributed by atoms with van der Waals surface area (Å²) in [4.78, 5) is 15.6. The first-order valence-corrected chi connectivity index (χ1v) is 6.93. The fourth-order valence-corrected chi connectivity index (χ4v) is 2.38. The summed E-state index contributed by atoms with van der Waals surface area (Å²) >= 11 is 0. The molecule has 7 heteroatoms. The zero-order valence-electron chi connectivity index (χ0n) is 12.5. The number of methoxy groups -OCH3 is 1. The fourth-order valence-electron chi connectivity index (χ4n) is 2.38. The van der Waals surface area contributed by atoms with Gasteiger partial charge in [-0.3, -0.25) is 4.79 Å². The molecule has 1 aromatic heterocycles. The molecule has 0 atom stereocenters. The standard InChI is InChI=1S/C17H12F3NO3/c1-23-12-6-7-15-13(8-12)14(9-21-15)16(22)10-2-4-11(5-3-10)24-17(18,19)20/h2-9,21H,1H3. The van der Waals surface area contributed by atoms with Crippen molar-refractivity contribution in [3.05, 3.63) is 59.8 Å². The molecule has 0 bridgehead atoms. The Labute approximate surface area is 134 Å². The number of halogens is 3. The number of fused-ring (bicyclic) bond motifs is 1. The number of aromatic nitrogens is 1. The van der Waals surface area contributed by atoms with Crippen LogP contribution in [0.1, 0.15) is 15.9 Å². The lowest BCUT2D eigenvalue weighted by Gasteiger charge is -2.09. The van der Waals surface area contributed by atoms with Gasteiger partial charge in [0.25, 0.3) is 0 Å². The first kappa shape index (κ1) is 15.9. The minimum Gasteiger partial charge on any atom is -0.497 e. The minimum atomic E-state index is -4.76. The molecule has 1 heterocycles. The van der Waals surface area contributed by atoms with Crippen LogP contribution in [0.15, 0.2) is 48.7 Å². The quantitative estimate of drug-likeness (QED) is 0.723. The van der Waals surface area contributed by atoms with Crippen LogP contribution >= 0.6 is 0 Å². The van der Waals surface area contributed by atoms with Gasteiger partial charge in [0.2, 0.25) is 0 Å². The molecule has 3 aromatic rings. The summed E-state index contributed by atoms with van der Waals surface area (Å²) < 4.78 is 45.4. The van der Waals surface area contributed by atoms with E-state index in [1.807, 2.05) is 0 Å². The Balaban J connectivity index is 1.91. The molecule has 0 radical (unpaired) electrons. The van der Waals surface area contributed by atoms with E-state index in [1.54, 1.807) is 24.4 Å². The van der Waals surface area contributed by atoms with Crippen LogP contribution in [0, 0.1) is 0 Å². The van der Waals surface area contributed by atoms with E-state index in [0.29, 0.717) is 16.7 Å². The van der Waals surface area contributed by atoms with Gasteiger partial charge in [-0.05, 0) is 42.5 Å². The normalized spacial score (nSPS) is 11.5. The third kappa shape index (κ3) is 3.19. The van der Waals surface area contributed by atoms with E-state index in [1.165, 1.54) is 19.2 Å². The van der Waals surface area contributed by atoms with Gasteiger partial charge in [0.05, 0.1) is 7.11 Å². The highest BCUT2D eigenvalue weighted by molar-refractivity contribution is 6.16. The van der Waals surface area contributed by atoms with Gasteiger partial charge in [0.1, 0.15) is 11.5 Å². The maximum atomic E-state index is 12.6. The summed E-state index contributed by atoms with van der Waals surface area (Å²) in [5, 5.41) is 0.676. The number of aromatic amines is 1. The number of alkyl halides is 3.